The molecule has 2 aromatic rings. The molecular formula is C17H16BrF5N2O2. The van der Waals surface area contributed by atoms with Gasteiger partial charge in [0.25, 0.3) is 0 Å². The van der Waals surface area contributed by atoms with Gasteiger partial charge in [0, 0.05) is 12.8 Å². The van der Waals surface area contributed by atoms with Crippen molar-refractivity contribution in [2.75, 3.05) is 7.11 Å². The molecule has 0 atom stereocenters. The Morgan fingerprint density at radius 1 is 1.33 bits per heavy atom. The van der Waals surface area contributed by atoms with E-state index < -0.39 is 23.8 Å². The number of imidazole rings is 1. The van der Waals surface area contributed by atoms with Crippen LogP contribution in [0.3, 0.4) is 0 Å². The van der Waals surface area contributed by atoms with E-state index in [1.54, 1.807) is 0 Å². The topological polar surface area (TPSA) is 43.6 Å². The van der Waals surface area contributed by atoms with Crippen molar-refractivity contribution in [2.45, 2.75) is 44.2 Å². The van der Waals surface area contributed by atoms with Crippen LogP contribution >= 0.6 is 15.9 Å². The number of carbonyl (C=O) groups is 1. The van der Waals surface area contributed by atoms with E-state index in [1.807, 2.05) is 0 Å². The van der Waals surface area contributed by atoms with Gasteiger partial charge in [0.15, 0.2) is 5.69 Å². The van der Waals surface area contributed by atoms with Crippen LogP contribution in [0.25, 0.3) is 5.65 Å². The fourth-order valence-electron chi connectivity index (χ4n) is 3.41. The molecule has 1 aliphatic carbocycles. The van der Waals surface area contributed by atoms with Gasteiger partial charge in [-0.25, -0.2) is 18.6 Å². The van der Waals surface area contributed by atoms with Gasteiger partial charge in [-0.15, -0.1) is 0 Å². The highest BCUT2D eigenvalue weighted by Gasteiger charge is 2.40. The molecule has 148 valence electrons. The van der Waals surface area contributed by atoms with Crippen molar-refractivity contribution >= 4 is 27.5 Å². The number of fused-ring (bicyclic) bond motifs is 1. The second-order valence-corrected chi connectivity index (χ2v) is 7.47. The number of carbonyl (C=O) groups excluding carboxylic acids is 1. The van der Waals surface area contributed by atoms with E-state index in [0.29, 0.717) is 0 Å². The van der Waals surface area contributed by atoms with E-state index in [-0.39, 0.29) is 59.5 Å². The molecule has 1 saturated carbocycles. The maximum Gasteiger partial charge on any atom is 0.435 e. The fraction of sp³-hybridized carbons (Fsp3) is 0.529. The first-order valence-electron chi connectivity index (χ1n) is 8.26. The summed E-state index contributed by atoms with van der Waals surface area (Å²) in [7, 11) is 1.16. The Kier molecular flexibility index (Phi) is 5.22. The normalized spacial score (nSPS) is 18.0. The number of halogens is 6. The molecule has 1 aliphatic rings. The zero-order chi connectivity index (χ0) is 20.0. The van der Waals surface area contributed by atoms with Gasteiger partial charge in [-0.1, -0.05) is 0 Å². The van der Waals surface area contributed by atoms with Crippen LogP contribution in [0.1, 0.15) is 47.4 Å². The van der Waals surface area contributed by atoms with Gasteiger partial charge in [-0.05, 0) is 53.2 Å². The lowest BCUT2D eigenvalue weighted by molar-refractivity contribution is -0.141. The Morgan fingerprint density at radius 2 is 1.96 bits per heavy atom. The van der Waals surface area contributed by atoms with Crippen molar-refractivity contribution in [1.82, 2.24) is 9.38 Å². The number of pyridine rings is 1. The Bertz CT molecular complexity index is 868. The van der Waals surface area contributed by atoms with Gasteiger partial charge in [0.2, 0.25) is 5.92 Å². The Labute approximate surface area is 159 Å². The number of rotatable bonds is 3. The van der Waals surface area contributed by atoms with Gasteiger partial charge in [0.05, 0.1) is 23.0 Å². The SMILES string of the molecule is COC(=O)c1cc(Br)n2c(CC3CCC(F)(F)CC3)c(C(F)(F)F)nc2c1. The molecule has 10 heteroatoms. The molecule has 2 aromatic heterocycles. The average molecular weight is 455 g/mol. The summed E-state index contributed by atoms with van der Waals surface area (Å²) in [5, 5.41) is 0. The highest BCUT2D eigenvalue weighted by atomic mass is 79.9. The van der Waals surface area contributed by atoms with Gasteiger partial charge >= 0.3 is 12.1 Å². The summed E-state index contributed by atoms with van der Waals surface area (Å²) in [6, 6.07) is 2.56. The van der Waals surface area contributed by atoms with E-state index in [1.165, 1.54) is 16.5 Å². The lowest BCUT2D eigenvalue weighted by Gasteiger charge is -2.28. The number of methoxy groups -OCH3 is 1. The Hall–Kier alpha value is -1.71. The highest BCUT2D eigenvalue weighted by molar-refractivity contribution is 9.10. The van der Waals surface area contributed by atoms with E-state index in [4.69, 9.17) is 0 Å². The van der Waals surface area contributed by atoms with Crippen molar-refractivity contribution in [3.05, 3.63) is 33.7 Å². The number of alkyl halides is 5. The number of aromatic nitrogens is 2. The van der Waals surface area contributed by atoms with Crippen molar-refractivity contribution in [3.8, 4) is 0 Å². The predicted molar refractivity (Wildman–Crippen MR) is 89.8 cm³/mol. The summed E-state index contributed by atoms with van der Waals surface area (Å²) in [5.74, 6) is -3.75. The molecule has 1 fully saturated rings. The quantitative estimate of drug-likeness (QED) is 0.360. The number of nitrogens with zero attached hydrogens (tertiary/aromatic N) is 2. The number of hydrogen-bond acceptors (Lipinski definition) is 3. The molecule has 0 radical (unpaired) electrons. The molecule has 0 spiro atoms. The first-order chi connectivity index (χ1) is 12.5. The van der Waals surface area contributed by atoms with E-state index >= 15 is 0 Å². The second-order valence-electron chi connectivity index (χ2n) is 6.66. The first kappa shape index (κ1) is 20.0. The summed E-state index contributed by atoms with van der Waals surface area (Å²) in [5.41, 5.74) is -1.17. The van der Waals surface area contributed by atoms with E-state index in [9.17, 15) is 26.7 Å². The Morgan fingerprint density at radius 3 is 2.52 bits per heavy atom. The van der Waals surface area contributed by atoms with Gasteiger partial charge in [-0.3, -0.25) is 4.40 Å². The molecule has 3 rings (SSSR count). The summed E-state index contributed by atoms with van der Waals surface area (Å²) in [4.78, 5) is 15.4. The van der Waals surface area contributed by atoms with Crippen LogP contribution < -0.4 is 0 Å². The maximum absolute atomic E-state index is 13.5. The van der Waals surface area contributed by atoms with Crippen molar-refractivity contribution in [1.29, 1.82) is 0 Å². The van der Waals surface area contributed by atoms with Gasteiger partial charge in [0.1, 0.15) is 5.65 Å². The number of esters is 1. The molecule has 4 nitrogen and oxygen atoms in total. The van der Waals surface area contributed by atoms with Crippen molar-refractivity contribution < 1.29 is 31.5 Å². The average Bonchev–Trinajstić information content (AvgIpc) is 2.95. The molecule has 2 heterocycles. The van der Waals surface area contributed by atoms with Crippen LogP contribution in [0, 0.1) is 5.92 Å². The summed E-state index contributed by atoms with van der Waals surface area (Å²) in [6.07, 6.45) is -5.09. The third-order valence-corrected chi connectivity index (χ3v) is 5.36. The highest BCUT2D eigenvalue weighted by Crippen LogP contribution is 2.40. The van der Waals surface area contributed by atoms with Gasteiger partial charge < -0.3 is 4.74 Å². The van der Waals surface area contributed by atoms with E-state index in [0.717, 1.165) is 7.11 Å². The molecule has 0 N–H and O–H groups in total. The smallest absolute Gasteiger partial charge is 0.435 e. The number of ether oxygens (including phenoxy) is 1. The largest absolute Gasteiger partial charge is 0.465 e. The van der Waals surface area contributed by atoms with Crippen LogP contribution in [0.15, 0.2) is 16.7 Å². The molecule has 0 amide bonds. The predicted octanol–water partition coefficient (Wildman–Crippen LogP) is 5.27. The van der Waals surface area contributed by atoms with Crippen LogP contribution in [-0.2, 0) is 17.3 Å². The fourth-order valence-corrected chi connectivity index (χ4v) is 4.05. The molecule has 0 aliphatic heterocycles. The van der Waals surface area contributed by atoms with Crippen molar-refractivity contribution in [2.24, 2.45) is 5.92 Å². The maximum atomic E-state index is 13.5. The molecule has 0 unspecified atom stereocenters. The standard InChI is InChI=1S/C17H16BrF5N2O2/c1-27-15(26)10-7-12(18)25-11(6-9-2-4-16(19,20)5-3-9)14(17(21,22)23)24-13(25)8-10/h7-9H,2-6H2,1H3. The second kappa shape index (κ2) is 7.03. The third-order valence-electron chi connectivity index (χ3n) is 4.78. The number of hydrogen-bond donors (Lipinski definition) is 0. The molecule has 27 heavy (non-hydrogen) atoms. The molecular weight excluding hydrogens is 439 g/mol. The summed E-state index contributed by atoms with van der Waals surface area (Å²) < 4.78 is 73.3. The minimum atomic E-state index is -4.70. The Balaban J connectivity index is 2.05. The third kappa shape index (κ3) is 4.09. The minimum Gasteiger partial charge on any atom is -0.465 e. The van der Waals surface area contributed by atoms with Crippen LogP contribution in [0.2, 0.25) is 0 Å². The molecule has 0 bridgehead atoms. The lowest BCUT2D eigenvalue weighted by atomic mass is 9.83. The molecule has 0 aromatic carbocycles. The summed E-state index contributed by atoms with van der Waals surface area (Å²) >= 11 is 3.19. The molecule has 0 saturated heterocycles. The van der Waals surface area contributed by atoms with E-state index in [2.05, 4.69) is 25.7 Å². The summed E-state index contributed by atoms with van der Waals surface area (Å²) in [6.45, 7) is 0. The zero-order valence-electron chi connectivity index (χ0n) is 14.2. The van der Waals surface area contributed by atoms with Crippen molar-refractivity contribution in [3.63, 3.8) is 0 Å². The van der Waals surface area contributed by atoms with Crippen LogP contribution in [-0.4, -0.2) is 28.4 Å². The first-order valence-corrected chi connectivity index (χ1v) is 9.05. The zero-order valence-corrected chi connectivity index (χ0v) is 15.8. The monoisotopic (exact) mass is 454 g/mol. The van der Waals surface area contributed by atoms with Crippen LogP contribution in [0.4, 0.5) is 22.0 Å². The van der Waals surface area contributed by atoms with Gasteiger partial charge in [-0.2, -0.15) is 13.2 Å². The van der Waals surface area contributed by atoms with Crippen LogP contribution in [0.5, 0.6) is 0 Å². The minimum absolute atomic E-state index is 0.0255. The lowest BCUT2D eigenvalue weighted by Crippen LogP contribution is -2.26.